The Balaban J connectivity index is 1.63. The predicted molar refractivity (Wildman–Crippen MR) is 95.7 cm³/mol. The zero-order valence-electron chi connectivity index (χ0n) is 15.1. The lowest BCUT2D eigenvalue weighted by molar-refractivity contribution is -0.149. The summed E-state index contributed by atoms with van der Waals surface area (Å²) in [6, 6.07) is 8.51. The van der Waals surface area contributed by atoms with Crippen molar-refractivity contribution in [3.63, 3.8) is 0 Å². The van der Waals surface area contributed by atoms with Crippen molar-refractivity contribution in [2.45, 2.75) is 55.8 Å². The van der Waals surface area contributed by atoms with E-state index in [4.69, 9.17) is 4.74 Å². The largest absolute Gasteiger partial charge is 0.497 e. The van der Waals surface area contributed by atoms with Crippen LogP contribution in [0.4, 0.5) is 0 Å². The quantitative estimate of drug-likeness (QED) is 0.864. The van der Waals surface area contributed by atoms with E-state index >= 15 is 0 Å². The molecule has 2 bridgehead atoms. The Morgan fingerprint density at radius 3 is 2.76 bits per heavy atom. The number of likely N-dealkylation sites (N-methyl/N-ethyl adjacent to an activating group) is 1. The van der Waals surface area contributed by atoms with Gasteiger partial charge in [0.1, 0.15) is 11.5 Å². The third kappa shape index (κ3) is 2.78. The number of nitrogens with one attached hydrogen (secondary N) is 1. The highest BCUT2D eigenvalue weighted by molar-refractivity contribution is 5.83. The number of carbonyl (C=O) groups excluding carboxylic acids is 1. The fourth-order valence-corrected chi connectivity index (χ4v) is 5.36. The molecule has 2 N–H and O–H groups in total. The maximum absolute atomic E-state index is 12.4. The zero-order chi connectivity index (χ0) is 17.6. The van der Waals surface area contributed by atoms with Crippen molar-refractivity contribution in [2.24, 2.45) is 5.92 Å². The second kappa shape index (κ2) is 6.38. The van der Waals surface area contributed by atoms with Crippen LogP contribution in [0.1, 0.15) is 31.2 Å². The van der Waals surface area contributed by atoms with Crippen LogP contribution in [-0.2, 0) is 11.2 Å². The molecule has 1 aliphatic carbocycles. The van der Waals surface area contributed by atoms with E-state index < -0.39 is 6.10 Å². The Hall–Kier alpha value is -1.43. The van der Waals surface area contributed by atoms with Crippen LogP contribution in [0, 0.1) is 5.92 Å². The number of benzene rings is 1. The minimum Gasteiger partial charge on any atom is -0.497 e. The van der Waals surface area contributed by atoms with Crippen LogP contribution in [0.3, 0.4) is 0 Å². The van der Waals surface area contributed by atoms with Crippen molar-refractivity contribution in [3.05, 3.63) is 29.8 Å². The SMILES string of the molecule is CN[C@@H]1CN2[C@@H](Cc3ccc(OC)cc3)[C@@H](O)[C@@H]3C[C@@]2(CCC3=O)C1. The third-order valence-corrected chi connectivity index (χ3v) is 6.72. The molecule has 1 aromatic carbocycles. The predicted octanol–water partition coefficient (Wildman–Crippen LogP) is 1.38. The molecular formula is C20H28N2O3. The summed E-state index contributed by atoms with van der Waals surface area (Å²) >= 11 is 0. The number of ketones is 1. The van der Waals surface area contributed by atoms with Crippen LogP contribution in [-0.4, -0.2) is 60.2 Å². The highest BCUT2D eigenvalue weighted by atomic mass is 16.5. The second-order valence-electron chi connectivity index (χ2n) is 7.95. The van der Waals surface area contributed by atoms with E-state index in [0.717, 1.165) is 38.0 Å². The first-order valence-electron chi connectivity index (χ1n) is 9.34. The van der Waals surface area contributed by atoms with Crippen LogP contribution < -0.4 is 10.1 Å². The maximum atomic E-state index is 12.4. The molecule has 5 heteroatoms. The molecule has 25 heavy (non-hydrogen) atoms. The number of carbonyl (C=O) groups is 1. The van der Waals surface area contributed by atoms with Gasteiger partial charge in [-0.05, 0) is 50.4 Å². The molecule has 3 aliphatic rings. The monoisotopic (exact) mass is 344 g/mol. The lowest BCUT2D eigenvalue weighted by Crippen LogP contribution is -2.65. The number of aliphatic hydroxyl groups is 1. The molecule has 3 fully saturated rings. The van der Waals surface area contributed by atoms with Crippen LogP contribution in [0.25, 0.3) is 0 Å². The molecular weight excluding hydrogens is 316 g/mol. The van der Waals surface area contributed by atoms with Crippen molar-refractivity contribution < 1.29 is 14.6 Å². The van der Waals surface area contributed by atoms with E-state index in [2.05, 4.69) is 22.3 Å². The van der Waals surface area contributed by atoms with E-state index in [1.54, 1.807) is 7.11 Å². The molecule has 136 valence electrons. The van der Waals surface area contributed by atoms with Crippen molar-refractivity contribution in [2.75, 3.05) is 20.7 Å². The smallest absolute Gasteiger partial charge is 0.138 e. The Labute approximate surface area is 149 Å². The number of rotatable bonds is 4. The number of hydrogen-bond donors (Lipinski definition) is 2. The number of methoxy groups -OCH3 is 1. The van der Waals surface area contributed by atoms with Crippen molar-refractivity contribution in [1.29, 1.82) is 0 Å². The van der Waals surface area contributed by atoms with Gasteiger partial charge in [-0.1, -0.05) is 12.1 Å². The number of nitrogens with zero attached hydrogens (tertiary/aromatic N) is 1. The van der Waals surface area contributed by atoms with E-state index in [-0.39, 0.29) is 23.3 Å². The van der Waals surface area contributed by atoms with Gasteiger partial charge in [0.15, 0.2) is 0 Å². The summed E-state index contributed by atoms with van der Waals surface area (Å²) in [5.74, 6) is 0.905. The fourth-order valence-electron chi connectivity index (χ4n) is 5.36. The molecule has 1 saturated carbocycles. The summed E-state index contributed by atoms with van der Waals surface area (Å²) in [5, 5.41) is 14.4. The van der Waals surface area contributed by atoms with Gasteiger partial charge < -0.3 is 15.2 Å². The highest BCUT2D eigenvalue weighted by Crippen LogP contribution is 2.50. The highest BCUT2D eigenvalue weighted by Gasteiger charge is 2.58. The number of piperidine rings is 1. The van der Waals surface area contributed by atoms with Crippen LogP contribution in [0.5, 0.6) is 5.75 Å². The topological polar surface area (TPSA) is 61.8 Å². The average molecular weight is 344 g/mol. The van der Waals surface area contributed by atoms with Crippen LogP contribution >= 0.6 is 0 Å². The molecule has 2 saturated heterocycles. The number of Topliss-reactive ketones (excluding diaryl/α,β-unsaturated/α-hetero) is 1. The van der Waals surface area contributed by atoms with Crippen molar-refractivity contribution >= 4 is 5.78 Å². The number of fused-ring (bicyclic) bond motifs is 1. The fraction of sp³-hybridized carbons (Fsp3) is 0.650. The number of ether oxygens (including phenoxy) is 1. The molecule has 5 atom stereocenters. The minimum atomic E-state index is -0.571. The van der Waals surface area contributed by atoms with Gasteiger partial charge in [0.2, 0.25) is 0 Å². The van der Waals surface area contributed by atoms with Gasteiger partial charge in [-0.25, -0.2) is 0 Å². The second-order valence-corrected chi connectivity index (χ2v) is 7.95. The lowest BCUT2D eigenvalue weighted by atomic mass is 9.66. The van der Waals surface area contributed by atoms with Gasteiger partial charge >= 0.3 is 0 Å². The van der Waals surface area contributed by atoms with Gasteiger partial charge in [-0.3, -0.25) is 9.69 Å². The number of aliphatic hydroxyl groups excluding tert-OH is 1. The van der Waals surface area contributed by atoms with E-state index in [1.807, 2.05) is 19.2 Å². The van der Waals surface area contributed by atoms with E-state index in [1.165, 1.54) is 5.56 Å². The molecule has 2 heterocycles. The van der Waals surface area contributed by atoms with Crippen molar-refractivity contribution in [1.82, 2.24) is 10.2 Å². The summed E-state index contributed by atoms with van der Waals surface area (Å²) < 4.78 is 5.24. The summed E-state index contributed by atoms with van der Waals surface area (Å²) in [7, 11) is 3.68. The van der Waals surface area contributed by atoms with Gasteiger partial charge in [-0.2, -0.15) is 0 Å². The van der Waals surface area contributed by atoms with Gasteiger partial charge in [-0.15, -0.1) is 0 Å². The molecule has 5 nitrogen and oxygen atoms in total. The first-order valence-corrected chi connectivity index (χ1v) is 9.34. The molecule has 0 radical (unpaired) electrons. The van der Waals surface area contributed by atoms with E-state index in [9.17, 15) is 9.90 Å². The zero-order valence-corrected chi connectivity index (χ0v) is 15.1. The van der Waals surface area contributed by atoms with E-state index in [0.29, 0.717) is 12.5 Å². The standard InChI is InChI=1S/C20H28N2O3/c1-21-14-10-20-8-7-18(23)16(11-20)19(24)17(22(20)12-14)9-13-3-5-15(25-2)6-4-13/h3-6,14,16-17,19,21,24H,7-12H2,1-2H3/t14-,16+,17-,19-,20+/m0/s1. The molecule has 1 spiro atoms. The molecule has 0 aromatic heterocycles. The minimum absolute atomic E-state index is 0.00902. The Morgan fingerprint density at radius 1 is 1.32 bits per heavy atom. The molecule has 4 rings (SSSR count). The maximum Gasteiger partial charge on any atom is 0.138 e. The third-order valence-electron chi connectivity index (χ3n) is 6.72. The molecule has 0 unspecified atom stereocenters. The molecule has 1 aromatic rings. The normalized spacial score (nSPS) is 37.8. The van der Waals surface area contributed by atoms with Crippen molar-refractivity contribution in [3.8, 4) is 5.75 Å². The first kappa shape index (κ1) is 17.0. The van der Waals surface area contributed by atoms with Crippen LogP contribution in [0.2, 0.25) is 0 Å². The van der Waals surface area contributed by atoms with Gasteiger partial charge in [0.05, 0.1) is 13.2 Å². The van der Waals surface area contributed by atoms with Gasteiger partial charge in [0.25, 0.3) is 0 Å². The Bertz CT molecular complexity index is 647. The average Bonchev–Trinajstić information content (AvgIpc) is 3.00. The molecule has 0 amide bonds. The Morgan fingerprint density at radius 2 is 2.08 bits per heavy atom. The summed E-state index contributed by atoms with van der Waals surface area (Å²) in [6.45, 7) is 0.954. The summed E-state index contributed by atoms with van der Waals surface area (Å²) in [5.41, 5.74) is 1.27. The lowest BCUT2D eigenvalue weighted by Gasteiger charge is -2.55. The molecule has 2 aliphatic heterocycles. The first-order chi connectivity index (χ1) is 12.1. The Kier molecular flexibility index (Phi) is 4.34. The van der Waals surface area contributed by atoms with Gasteiger partial charge in [0, 0.05) is 36.5 Å². The number of hydrogen-bond acceptors (Lipinski definition) is 5. The summed E-state index contributed by atoms with van der Waals surface area (Å²) in [4.78, 5) is 14.9. The van der Waals surface area contributed by atoms with Crippen LogP contribution in [0.15, 0.2) is 24.3 Å². The summed E-state index contributed by atoms with van der Waals surface area (Å²) in [6.07, 6.45) is 3.66.